The minimum Gasteiger partial charge on any atom is -0.497 e. The molecule has 2 N–H and O–H groups in total. The van der Waals surface area contributed by atoms with Crippen molar-refractivity contribution in [3.63, 3.8) is 0 Å². The van der Waals surface area contributed by atoms with E-state index in [1.807, 2.05) is 30.3 Å². The number of carbonyl (C=O) groups is 1. The first-order valence-electron chi connectivity index (χ1n) is 6.34. The van der Waals surface area contributed by atoms with Crippen LogP contribution in [0.5, 0.6) is 5.75 Å². The number of nitrogens with one attached hydrogen (secondary N) is 1. The molecule has 1 unspecified atom stereocenters. The van der Waals surface area contributed by atoms with E-state index in [0.29, 0.717) is 17.9 Å². The third kappa shape index (κ3) is 3.59. The Morgan fingerprint density at radius 2 is 1.80 bits per heavy atom. The summed E-state index contributed by atoms with van der Waals surface area (Å²) in [6, 6.07) is 16.3. The Morgan fingerprint density at radius 1 is 1.15 bits per heavy atom. The van der Waals surface area contributed by atoms with Gasteiger partial charge in [-0.2, -0.15) is 0 Å². The fraction of sp³-hybridized carbons (Fsp3) is 0.188. The second-order valence-electron chi connectivity index (χ2n) is 4.38. The van der Waals surface area contributed by atoms with Gasteiger partial charge in [-0.1, -0.05) is 42.5 Å². The van der Waals surface area contributed by atoms with Gasteiger partial charge in [0.15, 0.2) is 6.10 Å². The molecule has 104 valence electrons. The van der Waals surface area contributed by atoms with E-state index in [9.17, 15) is 9.90 Å². The number of aliphatic hydroxyl groups excluding tert-OH is 1. The van der Waals surface area contributed by atoms with Gasteiger partial charge in [-0.15, -0.1) is 0 Å². The lowest BCUT2D eigenvalue weighted by Crippen LogP contribution is -2.28. The molecule has 4 nitrogen and oxygen atoms in total. The maximum Gasteiger partial charge on any atom is 0.253 e. The Hall–Kier alpha value is -2.33. The predicted molar refractivity (Wildman–Crippen MR) is 76.2 cm³/mol. The van der Waals surface area contributed by atoms with Gasteiger partial charge >= 0.3 is 0 Å². The lowest BCUT2D eigenvalue weighted by Gasteiger charge is -2.12. The molecule has 0 aromatic heterocycles. The van der Waals surface area contributed by atoms with E-state index < -0.39 is 12.0 Å². The maximum atomic E-state index is 11.9. The molecule has 0 fully saturated rings. The molecule has 0 saturated carbocycles. The summed E-state index contributed by atoms with van der Waals surface area (Å²) in [6.07, 6.45) is -1.18. The normalized spacial score (nSPS) is 11.7. The molecule has 1 amide bonds. The average molecular weight is 271 g/mol. The van der Waals surface area contributed by atoms with Gasteiger partial charge in [0.2, 0.25) is 0 Å². The Kier molecular flexibility index (Phi) is 4.74. The molecule has 2 aromatic carbocycles. The molecule has 2 aromatic rings. The van der Waals surface area contributed by atoms with Crippen LogP contribution in [0.2, 0.25) is 0 Å². The number of hydrogen-bond donors (Lipinski definition) is 2. The van der Waals surface area contributed by atoms with Crippen molar-refractivity contribution in [2.24, 2.45) is 0 Å². The minimum atomic E-state index is -1.18. The zero-order valence-corrected chi connectivity index (χ0v) is 11.2. The molecular weight excluding hydrogens is 254 g/mol. The highest BCUT2D eigenvalue weighted by atomic mass is 16.5. The standard InChI is InChI=1S/C16H17NO3/c1-20-14-9-7-13(8-10-14)15(18)16(19)17-11-12-5-3-2-4-6-12/h2-10,15,18H,11H2,1H3,(H,17,19). The van der Waals surface area contributed by atoms with E-state index in [0.717, 1.165) is 5.56 Å². The number of methoxy groups -OCH3 is 1. The summed E-state index contributed by atoms with van der Waals surface area (Å²) < 4.78 is 5.03. The second kappa shape index (κ2) is 6.73. The van der Waals surface area contributed by atoms with E-state index in [1.54, 1.807) is 31.4 Å². The molecule has 20 heavy (non-hydrogen) atoms. The summed E-state index contributed by atoms with van der Waals surface area (Å²) >= 11 is 0. The minimum absolute atomic E-state index is 0.396. The molecule has 4 heteroatoms. The highest BCUT2D eigenvalue weighted by Gasteiger charge is 2.16. The van der Waals surface area contributed by atoms with Gasteiger partial charge in [0.1, 0.15) is 5.75 Å². The smallest absolute Gasteiger partial charge is 0.253 e. The summed E-state index contributed by atoms with van der Waals surface area (Å²) in [5, 5.41) is 12.7. The van der Waals surface area contributed by atoms with E-state index in [2.05, 4.69) is 5.32 Å². The van der Waals surface area contributed by atoms with Crippen molar-refractivity contribution in [1.82, 2.24) is 5.32 Å². The predicted octanol–water partition coefficient (Wildman–Crippen LogP) is 2.04. The molecule has 0 aliphatic carbocycles. The molecule has 0 aliphatic heterocycles. The van der Waals surface area contributed by atoms with Crippen LogP contribution in [0.25, 0.3) is 0 Å². The first kappa shape index (κ1) is 14.1. The van der Waals surface area contributed by atoms with Crippen LogP contribution in [0.15, 0.2) is 54.6 Å². The van der Waals surface area contributed by atoms with Gasteiger partial charge in [-0.3, -0.25) is 4.79 Å². The molecular formula is C16H17NO3. The number of amides is 1. The largest absolute Gasteiger partial charge is 0.497 e. The molecule has 0 radical (unpaired) electrons. The quantitative estimate of drug-likeness (QED) is 0.875. The van der Waals surface area contributed by atoms with Gasteiger partial charge in [0.25, 0.3) is 5.91 Å². The first-order chi connectivity index (χ1) is 9.70. The number of hydrogen-bond acceptors (Lipinski definition) is 3. The number of benzene rings is 2. The summed E-state index contributed by atoms with van der Waals surface area (Å²) in [5.41, 5.74) is 1.53. The van der Waals surface area contributed by atoms with Crippen molar-refractivity contribution in [2.75, 3.05) is 7.11 Å². The first-order valence-corrected chi connectivity index (χ1v) is 6.34. The molecule has 0 saturated heterocycles. The number of carbonyl (C=O) groups excluding carboxylic acids is 1. The summed E-state index contributed by atoms with van der Waals surface area (Å²) in [5.74, 6) is 0.268. The fourth-order valence-corrected chi connectivity index (χ4v) is 1.82. The van der Waals surface area contributed by atoms with Crippen LogP contribution in [0.4, 0.5) is 0 Å². The second-order valence-corrected chi connectivity index (χ2v) is 4.38. The van der Waals surface area contributed by atoms with Crippen molar-refractivity contribution in [1.29, 1.82) is 0 Å². The molecule has 1 atom stereocenters. The van der Waals surface area contributed by atoms with E-state index >= 15 is 0 Å². The Labute approximate surface area is 118 Å². The zero-order chi connectivity index (χ0) is 14.4. The third-order valence-corrected chi connectivity index (χ3v) is 2.99. The highest BCUT2D eigenvalue weighted by molar-refractivity contribution is 5.81. The van der Waals surface area contributed by atoms with Gasteiger partial charge in [0.05, 0.1) is 7.11 Å². The summed E-state index contributed by atoms with van der Waals surface area (Å²) in [4.78, 5) is 11.9. The zero-order valence-electron chi connectivity index (χ0n) is 11.2. The van der Waals surface area contributed by atoms with E-state index in [1.165, 1.54) is 0 Å². The van der Waals surface area contributed by atoms with Crippen LogP contribution in [0.3, 0.4) is 0 Å². The van der Waals surface area contributed by atoms with Gasteiger partial charge in [-0.25, -0.2) is 0 Å². The number of rotatable bonds is 5. The van der Waals surface area contributed by atoms with Crippen molar-refractivity contribution in [3.8, 4) is 5.75 Å². The van der Waals surface area contributed by atoms with Crippen molar-refractivity contribution in [3.05, 3.63) is 65.7 Å². The van der Waals surface area contributed by atoms with Gasteiger partial charge in [-0.05, 0) is 23.3 Å². The van der Waals surface area contributed by atoms with Crippen LogP contribution in [0, 0.1) is 0 Å². The Morgan fingerprint density at radius 3 is 2.40 bits per heavy atom. The lowest BCUT2D eigenvalue weighted by atomic mass is 10.1. The van der Waals surface area contributed by atoms with Crippen LogP contribution in [-0.4, -0.2) is 18.1 Å². The van der Waals surface area contributed by atoms with Gasteiger partial charge in [0, 0.05) is 6.54 Å². The topological polar surface area (TPSA) is 58.6 Å². The van der Waals surface area contributed by atoms with E-state index in [-0.39, 0.29) is 0 Å². The summed E-state index contributed by atoms with van der Waals surface area (Å²) in [6.45, 7) is 0.396. The van der Waals surface area contributed by atoms with Crippen molar-refractivity contribution in [2.45, 2.75) is 12.6 Å². The third-order valence-electron chi connectivity index (χ3n) is 2.99. The number of aliphatic hydroxyl groups is 1. The molecule has 2 rings (SSSR count). The van der Waals surface area contributed by atoms with Crippen LogP contribution >= 0.6 is 0 Å². The van der Waals surface area contributed by atoms with Gasteiger partial charge < -0.3 is 15.2 Å². The maximum absolute atomic E-state index is 11.9. The highest BCUT2D eigenvalue weighted by Crippen LogP contribution is 2.17. The number of ether oxygens (including phenoxy) is 1. The van der Waals surface area contributed by atoms with E-state index in [4.69, 9.17) is 4.74 Å². The Balaban J connectivity index is 1.94. The van der Waals surface area contributed by atoms with Crippen molar-refractivity contribution >= 4 is 5.91 Å². The van der Waals surface area contributed by atoms with Crippen molar-refractivity contribution < 1.29 is 14.6 Å². The van der Waals surface area contributed by atoms with Crippen LogP contribution in [-0.2, 0) is 11.3 Å². The SMILES string of the molecule is COc1ccc(C(O)C(=O)NCc2ccccc2)cc1. The van der Waals surface area contributed by atoms with Crippen LogP contribution < -0.4 is 10.1 Å². The molecule has 0 spiro atoms. The lowest BCUT2D eigenvalue weighted by molar-refractivity contribution is -0.129. The average Bonchev–Trinajstić information content (AvgIpc) is 2.53. The van der Waals surface area contributed by atoms with Crippen LogP contribution in [0.1, 0.15) is 17.2 Å². The Bertz CT molecular complexity index is 552. The molecule has 0 heterocycles. The fourth-order valence-electron chi connectivity index (χ4n) is 1.82. The summed E-state index contributed by atoms with van der Waals surface area (Å²) in [7, 11) is 1.57. The monoisotopic (exact) mass is 271 g/mol. The molecule has 0 aliphatic rings. The molecule has 0 bridgehead atoms.